The number of methoxy groups -OCH3 is 1. The summed E-state index contributed by atoms with van der Waals surface area (Å²) in [5.74, 6) is 1.44. The number of ether oxygens (including phenoxy) is 2. The van der Waals surface area contributed by atoms with Gasteiger partial charge >= 0.3 is 0 Å². The van der Waals surface area contributed by atoms with Crippen molar-refractivity contribution in [1.82, 2.24) is 4.90 Å². The second-order valence-corrected chi connectivity index (χ2v) is 15.2. The van der Waals surface area contributed by atoms with E-state index in [1.165, 1.54) is 11.1 Å². The molecule has 0 radical (unpaired) electrons. The van der Waals surface area contributed by atoms with Crippen molar-refractivity contribution in [1.29, 1.82) is 0 Å². The number of carbonyl (C=O) groups is 1. The molecule has 3 heterocycles. The third-order valence-electron chi connectivity index (χ3n) is 10.5. The van der Waals surface area contributed by atoms with Crippen LogP contribution in [0.15, 0.2) is 53.4 Å². The minimum Gasteiger partial charge on any atom is -0.490 e. The van der Waals surface area contributed by atoms with Gasteiger partial charge in [0.05, 0.1) is 29.3 Å². The van der Waals surface area contributed by atoms with Crippen molar-refractivity contribution in [3.05, 3.63) is 64.7 Å². The van der Waals surface area contributed by atoms with E-state index in [0.29, 0.717) is 50.2 Å². The van der Waals surface area contributed by atoms with Crippen molar-refractivity contribution in [3.8, 4) is 5.75 Å². The molecule has 42 heavy (non-hydrogen) atoms. The van der Waals surface area contributed by atoms with Gasteiger partial charge in [-0.05, 0) is 105 Å². The van der Waals surface area contributed by atoms with E-state index in [4.69, 9.17) is 21.1 Å². The highest BCUT2D eigenvalue weighted by molar-refractivity contribution is 8.06. The van der Waals surface area contributed by atoms with Gasteiger partial charge in [0.25, 0.3) is 5.12 Å². The lowest BCUT2D eigenvalue weighted by Crippen LogP contribution is -2.49. The fourth-order valence-corrected chi connectivity index (χ4v) is 9.70. The zero-order valence-electron chi connectivity index (χ0n) is 24.1. The first-order chi connectivity index (χ1) is 20.3. The van der Waals surface area contributed by atoms with E-state index in [2.05, 4.69) is 29.2 Å². The predicted octanol–water partition coefficient (Wildman–Crippen LogP) is 5.19. The molecular weight excluding hydrogens is 572 g/mol. The molecule has 7 rings (SSSR count). The Morgan fingerprint density at radius 2 is 1.98 bits per heavy atom. The van der Waals surface area contributed by atoms with Gasteiger partial charge in [-0.2, -0.15) is 0 Å². The van der Waals surface area contributed by atoms with Crippen LogP contribution in [0.25, 0.3) is 0 Å². The number of anilines is 1. The van der Waals surface area contributed by atoms with Crippen molar-refractivity contribution in [2.24, 2.45) is 11.8 Å². The number of halogens is 1. The van der Waals surface area contributed by atoms with E-state index in [0.717, 1.165) is 55.8 Å². The first kappa shape index (κ1) is 28.4. The Kier molecular flexibility index (Phi) is 7.40. The van der Waals surface area contributed by atoms with E-state index in [1.807, 2.05) is 11.0 Å². The third kappa shape index (κ3) is 4.79. The first-order valence-electron chi connectivity index (χ1n) is 15.3. The summed E-state index contributed by atoms with van der Waals surface area (Å²) in [4.78, 5) is 18.0. The SMILES string of the molecule is CO[C@H]1C=CCN2CCC[C@H]2C(=O)S(=O)(=O)c2ccc3c(c2)N(C[C@@H]2CC[C@H]21)C[C@@]1(CCCc2cc(Cl)ccc21)CO3. The predicted molar refractivity (Wildman–Crippen MR) is 163 cm³/mol. The molecule has 0 unspecified atom stereocenters. The van der Waals surface area contributed by atoms with Gasteiger partial charge in [-0.15, -0.1) is 0 Å². The highest BCUT2D eigenvalue weighted by Crippen LogP contribution is 2.47. The lowest BCUT2D eigenvalue weighted by atomic mass is 9.68. The maximum atomic E-state index is 13.8. The normalized spacial score (nSPS) is 32.4. The molecule has 2 aromatic rings. The van der Waals surface area contributed by atoms with Crippen molar-refractivity contribution in [3.63, 3.8) is 0 Å². The van der Waals surface area contributed by atoms with Gasteiger partial charge in [0.1, 0.15) is 5.75 Å². The molecule has 1 saturated heterocycles. The van der Waals surface area contributed by atoms with E-state index >= 15 is 0 Å². The largest absolute Gasteiger partial charge is 0.490 e. The average molecular weight is 611 g/mol. The molecule has 5 aliphatic rings. The number of fused-ring (bicyclic) bond motifs is 5. The zero-order chi connectivity index (χ0) is 29.1. The maximum absolute atomic E-state index is 13.8. The average Bonchev–Trinajstić information content (AvgIpc) is 3.38. The Morgan fingerprint density at radius 1 is 1.10 bits per heavy atom. The topological polar surface area (TPSA) is 76.2 Å². The number of nitrogens with zero attached hydrogens (tertiary/aromatic N) is 2. The Labute approximate surface area is 253 Å². The molecule has 2 aliphatic carbocycles. The molecule has 2 bridgehead atoms. The monoisotopic (exact) mass is 610 g/mol. The summed E-state index contributed by atoms with van der Waals surface area (Å²) >= 11 is 6.41. The number of carbonyl (C=O) groups excluding carboxylic acids is 1. The van der Waals surface area contributed by atoms with E-state index in [9.17, 15) is 13.2 Å². The molecule has 1 spiro atoms. The minimum absolute atomic E-state index is 0.0186. The molecular formula is C33H39ClN2O5S. The van der Waals surface area contributed by atoms with Gasteiger partial charge in [-0.3, -0.25) is 9.69 Å². The van der Waals surface area contributed by atoms with Gasteiger partial charge in [0.2, 0.25) is 9.84 Å². The summed E-state index contributed by atoms with van der Waals surface area (Å²) in [6.07, 6.45) is 10.7. The lowest BCUT2D eigenvalue weighted by molar-refractivity contribution is -0.115. The van der Waals surface area contributed by atoms with E-state index in [1.54, 1.807) is 25.3 Å². The van der Waals surface area contributed by atoms with Crippen LogP contribution < -0.4 is 9.64 Å². The van der Waals surface area contributed by atoms with Crippen LogP contribution in [0.3, 0.4) is 0 Å². The molecule has 5 atom stereocenters. The van der Waals surface area contributed by atoms with E-state index < -0.39 is 21.0 Å². The Balaban J connectivity index is 1.34. The van der Waals surface area contributed by atoms with Crippen LogP contribution in [-0.4, -0.2) is 70.5 Å². The molecule has 7 nitrogen and oxygen atoms in total. The molecule has 1 saturated carbocycles. The van der Waals surface area contributed by atoms with Crippen LogP contribution in [0.5, 0.6) is 5.75 Å². The number of benzene rings is 2. The van der Waals surface area contributed by atoms with Gasteiger partial charge in [-0.1, -0.05) is 29.8 Å². The van der Waals surface area contributed by atoms with Gasteiger partial charge in [0.15, 0.2) is 0 Å². The molecule has 3 aliphatic heterocycles. The number of hydrogen-bond acceptors (Lipinski definition) is 7. The number of hydrogen-bond donors (Lipinski definition) is 0. The summed E-state index contributed by atoms with van der Waals surface area (Å²) in [6, 6.07) is 10.6. The summed E-state index contributed by atoms with van der Waals surface area (Å²) in [6.45, 7) is 3.23. The fourth-order valence-electron chi connectivity index (χ4n) is 8.13. The Hall–Kier alpha value is -2.39. The van der Waals surface area contributed by atoms with Crippen LogP contribution in [0.4, 0.5) is 5.69 Å². The molecule has 224 valence electrons. The number of aryl methyl sites for hydroxylation is 1. The Morgan fingerprint density at radius 3 is 2.79 bits per heavy atom. The van der Waals surface area contributed by atoms with E-state index in [-0.39, 0.29) is 16.4 Å². The number of sulfone groups is 1. The molecule has 0 N–H and O–H groups in total. The van der Waals surface area contributed by atoms with Gasteiger partial charge < -0.3 is 14.4 Å². The van der Waals surface area contributed by atoms with Crippen LogP contribution >= 0.6 is 11.6 Å². The minimum atomic E-state index is -4.19. The highest BCUT2D eigenvalue weighted by Gasteiger charge is 2.45. The first-order valence-corrected chi connectivity index (χ1v) is 17.2. The van der Waals surface area contributed by atoms with Gasteiger partial charge in [0, 0.05) is 37.2 Å². The van der Waals surface area contributed by atoms with Crippen LogP contribution in [0.2, 0.25) is 5.02 Å². The lowest BCUT2D eigenvalue weighted by Gasteiger charge is -2.46. The fraction of sp³-hybridized carbons (Fsp3) is 0.545. The maximum Gasteiger partial charge on any atom is 0.268 e. The summed E-state index contributed by atoms with van der Waals surface area (Å²) < 4.78 is 40.2. The highest BCUT2D eigenvalue weighted by atomic mass is 35.5. The molecule has 2 aromatic carbocycles. The molecule has 0 amide bonds. The molecule has 2 fully saturated rings. The van der Waals surface area contributed by atoms with Crippen molar-refractivity contribution in [2.45, 2.75) is 67.4 Å². The zero-order valence-corrected chi connectivity index (χ0v) is 25.7. The second-order valence-electron chi connectivity index (χ2n) is 12.8. The van der Waals surface area contributed by atoms with Crippen LogP contribution in [-0.2, 0) is 31.2 Å². The van der Waals surface area contributed by atoms with Crippen molar-refractivity contribution >= 4 is 32.2 Å². The standard InChI is InChI=1S/C33H39ClN2O5S/c1-40-30-7-4-16-35-15-3-6-28(35)32(37)42(38,39)25-10-13-31-29(18-25)36(19-23-8-11-26(23)30)20-33(21-41-31)14-2-5-22-17-24(34)9-12-27(22)33/h4,7,9-10,12-13,17-18,23,26,28,30H,2-3,5-6,8,11,14-16,19-21H2,1H3/t23-,26+,28-,30-,33-/m0/s1. The number of rotatable bonds is 1. The molecule has 0 aromatic heterocycles. The summed E-state index contributed by atoms with van der Waals surface area (Å²) in [5.41, 5.74) is 3.05. The smallest absolute Gasteiger partial charge is 0.268 e. The van der Waals surface area contributed by atoms with Crippen molar-refractivity contribution in [2.75, 3.05) is 44.8 Å². The Bertz CT molecular complexity index is 1530. The summed E-state index contributed by atoms with van der Waals surface area (Å²) in [5, 5.41) is 0.0383. The van der Waals surface area contributed by atoms with Crippen LogP contribution in [0.1, 0.15) is 49.7 Å². The second kappa shape index (κ2) is 11.0. The van der Waals surface area contributed by atoms with Crippen molar-refractivity contribution < 1.29 is 22.7 Å². The third-order valence-corrected chi connectivity index (χ3v) is 12.4. The van der Waals surface area contributed by atoms with Gasteiger partial charge in [-0.25, -0.2) is 8.42 Å². The summed E-state index contributed by atoms with van der Waals surface area (Å²) in [7, 11) is -2.42. The molecule has 9 heteroatoms. The quantitative estimate of drug-likeness (QED) is 0.412. The van der Waals surface area contributed by atoms with Crippen LogP contribution in [0, 0.1) is 11.8 Å².